The Morgan fingerprint density at radius 1 is 1.00 bits per heavy atom. The van der Waals surface area contributed by atoms with Gasteiger partial charge < -0.3 is 0 Å². The summed E-state index contributed by atoms with van der Waals surface area (Å²) >= 11 is 6.22. The predicted octanol–water partition coefficient (Wildman–Crippen LogP) is 5.54. The van der Waals surface area contributed by atoms with Crippen molar-refractivity contribution in [1.82, 2.24) is 0 Å². The van der Waals surface area contributed by atoms with Gasteiger partial charge in [-0.3, -0.25) is 0 Å². The van der Waals surface area contributed by atoms with Crippen LogP contribution >= 0.6 is 11.6 Å². The molecule has 106 valence electrons. The summed E-state index contributed by atoms with van der Waals surface area (Å²) in [5, 5.41) is -0.700. The molecule has 2 aromatic rings. The summed E-state index contributed by atoms with van der Waals surface area (Å²) in [5.41, 5.74) is 1.46. The van der Waals surface area contributed by atoms with Crippen molar-refractivity contribution in [3.63, 3.8) is 0 Å². The SMILES string of the molecule is Cc1ccccc1CC(Cl)c1ccccc1C(F)(F)F. The van der Waals surface area contributed by atoms with E-state index >= 15 is 0 Å². The second-order valence-corrected chi connectivity index (χ2v) is 5.21. The third kappa shape index (κ3) is 3.34. The van der Waals surface area contributed by atoms with Crippen LogP contribution in [0, 0.1) is 6.92 Å². The van der Waals surface area contributed by atoms with E-state index in [9.17, 15) is 13.2 Å². The third-order valence-corrected chi connectivity index (χ3v) is 3.65. The van der Waals surface area contributed by atoms with Crippen LogP contribution in [0.25, 0.3) is 0 Å². The molecule has 0 nitrogen and oxygen atoms in total. The first-order chi connectivity index (χ1) is 9.39. The highest BCUT2D eigenvalue weighted by molar-refractivity contribution is 6.21. The van der Waals surface area contributed by atoms with Crippen LogP contribution in [0.1, 0.15) is 27.6 Å². The molecule has 0 N–H and O–H groups in total. The number of rotatable bonds is 3. The van der Waals surface area contributed by atoms with Crippen molar-refractivity contribution in [2.75, 3.05) is 0 Å². The van der Waals surface area contributed by atoms with Gasteiger partial charge in [0, 0.05) is 0 Å². The van der Waals surface area contributed by atoms with E-state index in [2.05, 4.69) is 0 Å². The number of hydrogen-bond acceptors (Lipinski definition) is 0. The first-order valence-corrected chi connectivity index (χ1v) is 6.68. The lowest BCUT2D eigenvalue weighted by atomic mass is 9.97. The standard InChI is InChI=1S/C16H14ClF3/c1-11-6-2-3-7-12(11)10-15(17)13-8-4-5-9-14(13)16(18,19)20/h2-9,15H,10H2,1H3. The number of benzene rings is 2. The molecule has 0 aliphatic carbocycles. The molecular formula is C16H14ClF3. The van der Waals surface area contributed by atoms with E-state index in [-0.39, 0.29) is 5.56 Å². The first-order valence-electron chi connectivity index (χ1n) is 6.24. The highest BCUT2D eigenvalue weighted by Gasteiger charge is 2.34. The lowest BCUT2D eigenvalue weighted by Crippen LogP contribution is -2.11. The quantitative estimate of drug-likeness (QED) is 0.653. The monoisotopic (exact) mass is 298 g/mol. The molecule has 0 fully saturated rings. The molecule has 1 atom stereocenters. The molecule has 0 aromatic heterocycles. The average molecular weight is 299 g/mol. The summed E-state index contributed by atoms with van der Waals surface area (Å²) in [6.07, 6.45) is -4.00. The smallest absolute Gasteiger partial charge is 0.166 e. The van der Waals surface area contributed by atoms with Gasteiger partial charge in [0.05, 0.1) is 10.9 Å². The largest absolute Gasteiger partial charge is 0.416 e. The minimum absolute atomic E-state index is 0.130. The van der Waals surface area contributed by atoms with Gasteiger partial charge in [0.1, 0.15) is 0 Å². The van der Waals surface area contributed by atoms with E-state index in [1.54, 1.807) is 6.07 Å². The molecule has 2 aromatic carbocycles. The van der Waals surface area contributed by atoms with Crippen LogP contribution in [-0.2, 0) is 12.6 Å². The molecular weight excluding hydrogens is 285 g/mol. The Labute approximate surface area is 121 Å². The van der Waals surface area contributed by atoms with E-state index in [1.807, 2.05) is 31.2 Å². The van der Waals surface area contributed by atoms with Crippen molar-refractivity contribution in [2.24, 2.45) is 0 Å². The Bertz CT molecular complexity index is 590. The van der Waals surface area contributed by atoms with E-state index in [4.69, 9.17) is 11.6 Å². The Hall–Kier alpha value is -1.48. The van der Waals surface area contributed by atoms with Gasteiger partial charge in [0.25, 0.3) is 0 Å². The number of hydrogen-bond donors (Lipinski definition) is 0. The van der Waals surface area contributed by atoms with Crippen molar-refractivity contribution >= 4 is 11.6 Å². The van der Waals surface area contributed by atoms with Gasteiger partial charge in [-0.15, -0.1) is 11.6 Å². The van der Waals surface area contributed by atoms with Crippen LogP contribution in [0.4, 0.5) is 13.2 Å². The van der Waals surface area contributed by atoms with Gasteiger partial charge in [-0.25, -0.2) is 0 Å². The molecule has 0 amide bonds. The number of alkyl halides is 4. The van der Waals surface area contributed by atoms with E-state index in [0.717, 1.165) is 17.2 Å². The summed E-state index contributed by atoms with van der Waals surface area (Å²) < 4.78 is 38.9. The summed E-state index contributed by atoms with van der Waals surface area (Å²) in [7, 11) is 0. The minimum atomic E-state index is -4.38. The minimum Gasteiger partial charge on any atom is -0.166 e. The molecule has 20 heavy (non-hydrogen) atoms. The fourth-order valence-electron chi connectivity index (χ4n) is 2.17. The zero-order valence-corrected chi connectivity index (χ0v) is 11.7. The Morgan fingerprint density at radius 3 is 2.25 bits per heavy atom. The summed E-state index contributed by atoms with van der Waals surface area (Å²) in [6.45, 7) is 1.93. The van der Waals surface area contributed by atoms with Crippen LogP contribution in [0.2, 0.25) is 0 Å². The molecule has 0 heterocycles. The van der Waals surface area contributed by atoms with Crippen LogP contribution in [-0.4, -0.2) is 0 Å². The van der Waals surface area contributed by atoms with Gasteiger partial charge in [0.2, 0.25) is 0 Å². The van der Waals surface area contributed by atoms with Crippen LogP contribution in [0.3, 0.4) is 0 Å². The van der Waals surface area contributed by atoms with Gasteiger partial charge in [0.15, 0.2) is 0 Å². The first kappa shape index (κ1) is 14.9. The fraction of sp³-hybridized carbons (Fsp3) is 0.250. The zero-order chi connectivity index (χ0) is 14.8. The molecule has 0 saturated carbocycles. The van der Waals surface area contributed by atoms with Crippen molar-refractivity contribution < 1.29 is 13.2 Å². The van der Waals surface area contributed by atoms with Crippen LogP contribution in [0.15, 0.2) is 48.5 Å². The van der Waals surface area contributed by atoms with Gasteiger partial charge in [-0.2, -0.15) is 13.2 Å². The Morgan fingerprint density at radius 2 is 1.60 bits per heavy atom. The van der Waals surface area contributed by atoms with Gasteiger partial charge >= 0.3 is 6.18 Å². The molecule has 2 rings (SSSR count). The van der Waals surface area contributed by atoms with Crippen molar-refractivity contribution in [2.45, 2.75) is 24.9 Å². The lowest BCUT2D eigenvalue weighted by Gasteiger charge is -2.17. The van der Waals surface area contributed by atoms with Gasteiger partial charge in [-0.05, 0) is 36.1 Å². The molecule has 4 heteroatoms. The molecule has 0 spiro atoms. The zero-order valence-electron chi connectivity index (χ0n) is 10.9. The summed E-state index contributed by atoms with van der Waals surface area (Å²) in [5.74, 6) is 0. The fourth-order valence-corrected chi connectivity index (χ4v) is 2.53. The molecule has 0 radical (unpaired) electrons. The topological polar surface area (TPSA) is 0 Å². The van der Waals surface area contributed by atoms with Crippen molar-refractivity contribution in [3.05, 3.63) is 70.8 Å². The van der Waals surface area contributed by atoms with Crippen molar-refractivity contribution in [3.8, 4) is 0 Å². The molecule has 0 saturated heterocycles. The predicted molar refractivity (Wildman–Crippen MR) is 74.9 cm³/mol. The maximum atomic E-state index is 13.0. The lowest BCUT2D eigenvalue weighted by molar-refractivity contribution is -0.138. The van der Waals surface area contributed by atoms with Gasteiger partial charge in [-0.1, -0.05) is 42.5 Å². The Balaban J connectivity index is 2.31. The maximum absolute atomic E-state index is 13.0. The number of halogens is 4. The summed E-state index contributed by atoms with van der Waals surface area (Å²) in [6, 6.07) is 13.0. The second-order valence-electron chi connectivity index (χ2n) is 4.68. The number of aryl methyl sites for hydroxylation is 1. The van der Waals surface area contributed by atoms with E-state index in [0.29, 0.717) is 6.42 Å². The third-order valence-electron chi connectivity index (χ3n) is 3.26. The van der Waals surface area contributed by atoms with Crippen molar-refractivity contribution in [1.29, 1.82) is 0 Å². The second kappa shape index (κ2) is 5.88. The van der Waals surface area contributed by atoms with Crippen LogP contribution in [0.5, 0.6) is 0 Å². The van der Waals surface area contributed by atoms with E-state index < -0.39 is 17.1 Å². The highest BCUT2D eigenvalue weighted by Crippen LogP contribution is 2.37. The Kier molecular flexibility index (Phi) is 4.39. The summed E-state index contributed by atoms with van der Waals surface area (Å²) in [4.78, 5) is 0. The molecule has 0 aliphatic rings. The normalized spacial score (nSPS) is 13.2. The maximum Gasteiger partial charge on any atom is 0.416 e. The molecule has 0 aliphatic heterocycles. The highest BCUT2D eigenvalue weighted by atomic mass is 35.5. The van der Waals surface area contributed by atoms with Crippen LogP contribution < -0.4 is 0 Å². The molecule has 1 unspecified atom stereocenters. The average Bonchev–Trinajstić information content (AvgIpc) is 2.40. The molecule has 0 bridgehead atoms. The van der Waals surface area contributed by atoms with E-state index in [1.165, 1.54) is 12.1 Å².